The van der Waals surface area contributed by atoms with E-state index in [1.54, 1.807) is 117 Å². The summed E-state index contributed by atoms with van der Waals surface area (Å²) < 4.78 is 11.0. The first kappa shape index (κ1) is 98.8. The third kappa shape index (κ3) is 36.5. The van der Waals surface area contributed by atoms with Crippen LogP contribution in [0.25, 0.3) is 22.3 Å². The molecule has 31 heteroatoms. The van der Waals surface area contributed by atoms with Gasteiger partial charge in [-0.15, -0.1) is 92.3 Å². The van der Waals surface area contributed by atoms with Crippen LogP contribution in [0.1, 0.15) is 97.5 Å². The Morgan fingerprint density at radius 3 is 1.03 bits per heavy atom. The number of ether oxygens (including phenoxy) is 2. The molecule has 2 aromatic heterocycles. The van der Waals surface area contributed by atoms with E-state index in [4.69, 9.17) is 205 Å². The summed E-state index contributed by atoms with van der Waals surface area (Å²) in [6.45, 7) is 10.8. The highest BCUT2D eigenvalue weighted by molar-refractivity contribution is 7.15. The largest absolute Gasteiger partial charge is 0.480 e. The number of carbonyl (C=O) groups is 7. The number of rotatable bonds is 20. The quantitative estimate of drug-likeness (QED) is 0.0271. The van der Waals surface area contributed by atoms with Crippen molar-refractivity contribution in [2.45, 2.75) is 120 Å². The van der Waals surface area contributed by atoms with Crippen molar-refractivity contribution in [3.63, 3.8) is 0 Å². The topological polar surface area (TPSA) is 242 Å². The highest BCUT2D eigenvalue weighted by Gasteiger charge is 2.29. The number of hydrogen-bond donors (Lipinski definition) is 5. The Kier molecular flexibility index (Phi) is 45.7. The van der Waals surface area contributed by atoms with Crippen LogP contribution in [0.3, 0.4) is 0 Å². The van der Waals surface area contributed by atoms with Crippen molar-refractivity contribution in [1.29, 1.82) is 0 Å². The second-order valence-corrected chi connectivity index (χ2v) is 32.4. The van der Waals surface area contributed by atoms with Crippen LogP contribution in [-0.4, -0.2) is 94.6 Å². The Bertz CT molecular complexity index is 4110. The first-order chi connectivity index (χ1) is 50.2. The van der Waals surface area contributed by atoms with Crippen LogP contribution >= 0.6 is 197 Å². The van der Waals surface area contributed by atoms with E-state index in [2.05, 4.69) is 5.32 Å². The molecule has 0 radical (unpaired) electrons. The number of alkyl halides is 6. The van der Waals surface area contributed by atoms with E-state index < -0.39 is 79.0 Å². The molecule has 1 amide bonds. The van der Waals surface area contributed by atoms with Crippen molar-refractivity contribution in [3.05, 3.63) is 255 Å². The lowest BCUT2D eigenvalue weighted by molar-refractivity contribution is -0.138. The summed E-state index contributed by atoms with van der Waals surface area (Å²) in [6.07, 6.45) is 1.49. The maximum atomic E-state index is 13.0. The van der Waals surface area contributed by atoms with Gasteiger partial charge in [0.25, 0.3) is 0 Å². The third-order valence-corrected chi connectivity index (χ3v) is 19.8. The van der Waals surface area contributed by atoms with Crippen LogP contribution in [0.15, 0.2) is 181 Å². The van der Waals surface area contributed by atoms with Gasteiger partial charge < -0.3 is 36.5 Å². The number of hydrogen-bond acceptors (Lipinski definition) is 13. The van der Waals surface area contributed by atoms with Gasteiger partial charge in [-0.05, 0) is 184 Å². The molecule has 0 spiro atoms. The minimum absolute atomic E-state index is 0. The minimum atomic E-state index is -1.03. The second-order valence-electron chi connectivity index (χ2n) is 24.1. The Morgan fingerprint density at radius 1 is 0.435 bits per heavy atom. The number of nitrogens with one attached hydrogen (secondary N) is 1. The van der Waals surface area contributed by atoms with Crippen LogP contribution in [0, 0.1) is 0 Å². The van der Waals surface area contributed by atoms with Gasteiger partial charge in [0.2, 0.25) is 16.4 Å². The maximum Gasteiger partial charge on any atom is 0.342 e. The molecule has 0 bridgehead atoms. The minimum Gasteiger partial charge on any atom is -0.480 e. The second kappa shape index (κ2) is 50.0. The van der Waals surface area contributed by atoms with Crippen molar-refractivity contribution < 1.29 is 53.2 Å². The zero-order valence-electron chi connectivity index (χ0n) is 57.7. The summed E-state index contributed by atoms with van der Waals surface area (Å²) >= 11 is 87.3. The Balaban J connectivity index is 0.000000455. The number of halogens is 15. The first-order valence-electron chi connectivity index (χ1n) is 31.4. The molecule has 7 aromatic carbocycles. The Hall–Kier alpha value is -5.26. The predicted molar refractivity (Wildman–Crippen MR) is 456 cm³/mol. The molecule has 0 fully saturated rings. The van der Waals surface area contributed by atoms with E-state index in [-0.39, 0.29) is 37.6 Å². The van der Waals surface area contributed by atoms with Gasteiger partial charge in [-0.2, -0.15) is 0 Å². The number of amides is 1. The third-order valence-electron chi connectivity index (χ3n) is 13.6. The smallest absolute Gasteiger partial charge is 0.342 e. The highest BCUT2D eigenvalue weighted by atomic mass is 35.5. The number of anilines is 2. The summed E-state index contributed by atoms with van der Waals surface area (Å²) in [6, 6.07) is 49.3. The van der Waals surface area contributed by atoms with Crippen LogP contribution in [0.4, 0.5) is 10.0 Å². The van der Waals surface area contributed by atoms with E-state index in [1.165, 1.54) is 22.7 Å². The summed E-state index contributed by atoms with van der Waals surface area (Å²) in [7, 11) is 0. The first-order valence-corrected chi connectivity index (χ1v) is 39.4. The predicted octanol–water partition coefficient (Wildman–Crippen LogP) is 24.5. The number of nitrogens with two attached hydrogens (primary N) is 2. The molecule has 108 heavy (non-hydrogen) atoms. The summed E-state index contributed by atoms with van der Waals surface area (Å²) in [5.74, 6) is -3.40. The molecule has 9 rings (SSSR count). The fraction of sp³-hybridized carbons (Fsp3) is 0.260. The molecular weight excluding hydrogens is 1740 g/mol. The van der Waals surface area contributed by atoms with Gasteiger partial charge in [-0.3, -0.25) is 24.0 Å². The van der Waals surface area contributed by atoms with E-state index in [0.717, 1.165) is 44.5 Å². The average Bonchev–Trinajstić information content (AvgIpc) is 1.65. The van der Waals surface area contributed by atoms with E-state index in [0.29, 0.717) is 69.1 Å². The molecule has 582 valence electrons. The number of benzene rings is 7. The van der Waals surface area contributed by atoms with E-state index in [1.807, 2.05) is 105 Å². The van der Waals surface area contributed by atoms with Gasteiger partial charge in [0.05, 0.1) is 5.34 Å². The standard InChI is InChI=1S/C24H22Cl3NO3S.C15H16ClNO2S.2C9H7Cl3O.C9H8Cl2O2.C9H10ClNO2.CH2Cl2.CH4/c1-24(2,3)31-23(30)20-17(14-8-10-16(25)11-9-14)13-32-22(20)28-21(29)19(27)12-15-6-4-5-7-18(15)26;1-15(2,3)19-14(18)12-11(8-20-13(12)17)9-4-6-10(16)7-5-9;4*10-7-4-2-1-3-6(7)5-8(11)9(12)13;2-1-3;/h4-11,13,19H,12H2,1-3H3,(H,28,29);4-8H,17H2,1-3H3;2*1-4,8H,5H2;1-4,8H,5H2,(H,12,13);1-4,8H,5,11H2,(H,12,13);1H2;1H4. The fourth-order valence-corrected chi connectivity index (χ4v) is 12.5. The lowest BCUT2D eigenvalue weighted by atomic mass is 10.0. The lowest BCUT2D eigenvalue weighted by Gasteiger charge is -2.20. The average molecular weight is 1820 g/mol. The molecule has 9 aromatic rings. The molecule has 2 heterocycles. The highest BCUT2D eigenvalue weighted by Crippen LogP contribution is 2.39. The number of carbonyl (C=O) groups excluding carboxylic acids is 5. The zero-order chi connectivity index (χ0) is 80.5. The number of carboxylic acids is 2. The summed E-state index contributed by atoms with van der Waals surface area (Å²) in [4.78, 5) is 80.3. The van der Waals surface area contributed by atoms with Crippen molar-refractivity contribution in [2.24, 2.45) is 5.73 Å². The molecule has 0 saturated heterocycles. The SMILES string of the molecule is C.CC(C)(C)OC(=O)c1c(-c2ccc(Cl)cc2)csc1N.CC(C)(C)OC(=O)c1c(-c2ccc(Cl)cc2)csc1NC(=O)C(Cl)Cc1ccccc1Cl.ClCCl.NC(Cc1ccccc1Cl)C(=O)O.O=C(Cl)C(Cl)Cc1ccccc1Cl.O=C(Cl)C(Cl)Cc1ccccc1Cl.O=C(O)C(Cl)Cc1ccccc1Cl. The monoisotopic (exact) mass is 1810 g/mol. The Labute approximate surface area is 712 Å². The van der Waals surface area contributed by atoms with Gasteiger partial charge in [0.1, 0.15) is 59.9 Å². The lowest BCUT2D eigenvalue weighted by Crippen LogP contribution is -2.32. The van der Waals surface area contributed by atoms with E-state index in [9.17, 15) is 33.6 Å². The number of thiophene rings is 2. The summed E-state index contributed by atoms with van der Waals surface area (Å²) in [5, 5.41) is 24.4. The maximum absolute atomic E-state index is 13.0. The summed E-state index contributed by atoms with van der Waals surface area (Å²) in [5.41, 5.74) is 17.8. The molecule has 0 aliphatic heterocycles. The Morgan fingerprint density at radius 2 is 0.722 bits per heavy atom. The molecular formula is C77H76Cl15N3O11S2. The van der Waals surface area contributed by atoms with Crippen LogP contribution in [-0.2, 0) is 65.6 Å². The van der Waals surface area contributed by atoms with Crippen LogP contribution in [0.5, 0.6) is 0 Å². The van der Waals surface area contributed by atoms with Crippen LogP contribution in [0.2, 0.25) is 35.2 Å². The van der Waals surface area contributed by atoms with Gasteiger partial charge >= 0.3 is 23.9 Å². The van der Waals surface area contributed by atoms with Crippen molar-refractivity contribution >= 4 is 247 Å². The molecule has 0 saturated carbocycles. The number of carboxylic acid groups (broad SMARTS) is 2. The zero-order valence-corrected chi connectivity index (χ0v) is 70.6. The van der Waals surface area contributed by atoms with Gasteiger partial charge in [0, 0.05) is 63.5 Å². The molecule has 14 nitrogen and oxygen atoms in total. The van der Waals surface area contributed by atoms with Gasteiger partial charge in [0.15, 0.2) is 0 Å². The molecule has 0 aliphatic rings. The van der Waals surface area contributed by atoms with Crippen molar-refractivity contribution in [2.75, 3.05) is 16.4 Å². The molecule has 0 aliphatic carbocycles. The van der Waals surface area contributed by atoms with Crippen molar-refractivity contribution in [3.8, 4) is 22.3 Å². The number of esters is 2. The van der Waals surface area contributed by atoms with Gasteiger partial charge in [-0.1, -0.05) is 204 Å². The normalized spacial score (nSPS) is 11.9. The molecule has 5 atom stereocenters. The molecule has 7 N–H and O–H groups in total. The van der Waals surface area contributed by atoms with Crippen molar-refractivity contribution in [1.82, 2.24) is 0 Å². The van der Waals surface area contributed by atoms with Crippen LogP contribution < -0.4 is 16.8 Å². The van der Waals surface area contributed by atoms with E-state index >= 15 is 0 Å². The molecule has 5 unspecified atom stereocenters. The van der Waals surface area contributed by atoms with Gasteiger partial charge in [-0.25, -0.2) is 9.59 Å². The number of nitrogen functional groups attached to an aromatic ring is 1. The number of aliphatic carboxylic acids is 2. The fourth-order valence-electron chi connectivity index (χ4n) is 8.52.